The maximum absolute atomic E-state index is 13.3. The Morgan fingerprint density at radius 3 is 2.70 bits per heavy atom. The van der Waals surface area contributed by atoms with Gasteiger partial charge in [0.2, 0.25) is 5.88 Å². The van der Waals surface area contributed by atoms with E-state index in [-0.39, 0.29) is 29.5 Å². The Hall–Kier alpha value is -3.69. The van der Waals surface area contributed by atoms with Gasteiger partial charge in [0, 0.05) is 6.20 Å². The molecular weight excluding hydrogens is 458 g/mol. The van der Waals surface area contributed by atoms with E-state index >= 15 is 0 Å². The largest absolute Gasteiger partial charge is 0.467 e. The zero-order valence-electron chi connectivity index (χ0n) is 17.4. The van der Waals surface area contributed by atoms with Crippen molar-refractivity contribution in [2.45, 2.75) is 13.5 Å². The number of carbonyl (C=O) groups is 1. The molecule has 0 saturated carbocycles. The number of ether oxygens (including phenoxy) is 1. The van der Waals surface area contributed by atoms with Gasteiger partial charge in [0.1, 0.15) is 27.0 Å². The number of aryl methyl sites for hydroxylation is 1. The van der Waals surface area contributed by atoms with Crippen LogP contribution in [0.25, 0.3) is 11.7 Å². The van der Waals surface area contributed by atoms with E-state index in [1.54, 1.807) is 54.9 Å². The molecule has 1 amide bonds. The Labute approximate surface area is 198 Å². The zero-order chi connectivity index (χ0) is 22.9. The smallest absolute Gasteiger partial charge is 0.269 e. The Morgan fingerprint density at radius 1 is 1.12 bits per heavy atom. The summed E-state index contributed by atoms with van der Waals surface area (Å²) in [5.41, 5.74) is 1.33. The average molecular weight is 476 g/mol. The number of furan rings is 1. The van der Waals surface area contributed by atoms with Crippen molar-refractivity contribution in [3.8, 4) is 11.6 Å². The van der Waals surface area contributed by atoms with Gasteiger partial charge >= 0.3 is 0 Å². The van der Waals surface area contributed by atoms with Gasteiger partial charge in [-0.3, -0.25) is 18.9 Å². The van der Waals surface area contributed by atoms with Crippen molar-refractivity contribution in [1.29, 1.82) is 0 Å². The molecule has 5 rings (SSSR count). The van der Waals surface area contributed by atoms with Crippen molar-refractivity contribution in [2.24, 2.45) is 0 Å². The van der Waals surface area contributed by atoms with E-state index in [2.05, 4.69) is 4.98 Å². The molecule has 1 fully saturated rings. The summed E-state index contributed by atoms with van der Waals surface area (Å²) in [5, 5.41) is 0. The second kappa shape index (κ2) is 8.68. The van der Waals surface area contributed by atoms with Crippen LogP contribution in [0.5, 0.6) is 11.6 Å². The first kappa shape index (κ1) is 21.2. The van der Waals surface area contributed by atoms with Crippen LogP contribution in [0, 0.1) is 6.92 Å². The van der Waals surface area contributed by atoms with Crippen LogP contribution >= 0.6 is 24.0 Å². The van der Waals surface area contributed by atoms with Gasteiger partial charge < -0.3 is 9.15 Å². The highest BCUT2D eigenvalue weighted by Crippen LogP contribution is 2.35. The van der Waals surface area contributed by atoms with Crippen molar-refractivity contribution in [1.82, 2.24) is 14.3 Å². The molecule has 164 valence electrons. The Kier molecular flexibility index (Phi) is 5.57. The topological polar surface area (TPSA) is 77.1 Å². The molecule has 3 aromatic heterocycles. The summed E-state index contributed by atoms with van der Waals surface area (Å²) in [7, 11) is 0. The molecule has 7 nitrogen and oxygen atoms in total. The summed E-state index contributed by atoms with van der Waals surface area (Å²) in [6.45, 7) is 2.19. The van der Waals surface area contributed by atoms with Crippen LogP contribution in [0.3, 0.4) is 0 Å². The number of fused-ring (bicyclic) bond motifs is 1. The predicted molar refractivity (Wildman–Crippen MR) is 130 cm³/mol. The van der Waals surface area contributed by atoms with E-state index in [0.29, 0.717) is 26.4 Å². The molecule has 1 aliphatic rings. The molecular formula is C24H17N3O4S2. The highest BCUT2D eigenvalue weighted by molar-refractivity contribution is 8.26. The lowest BCUT2D eigenvalue weighted by molar-refractivity contribution is -0.122. The third-order valence-corrected chi connectivity index (χ3v) is 6.39. The van der Waals surface area contributed by atoms with E-state index in [0.717, 1.165) is 17.3 Å². The fourth-order valence-electron chi connectivity index (χ4n) is 3.33. The number of benzene rings is 1. The van der Waals surface area contributed by atoms with Gasteiger partial charge in [-0.05, 0) is 49.4 Å². The number of aromatic nitrogens is 2. The van der Waals surface area contributed by atoms with Gasteiger partial charge in [-0.25, -0.2) is 0 Å². The minimum Gasteiger partial charge on any atom is -0.467 e. The third-order valence-electron chi connectivity index (χ3n) is 5.01. The van der Waals surface area contributed by atoms with Gasteiger partial charge in [-0.15, -0.1) is 0 Å². The highest BCUT2D eigenvalue weighted by atomic mass is 32.2. The molecule has 0 atom stereocenters. The van der Waals surface area contributed by atoms with Crippen LogP contribution < -0.4 is 10.3 Å². The van der Waals surface area contributed by atoms with Crippen molar-refractivity contribution in [2.75, 3.05) is 0 Å². The van der Waals surface area contributed by atoms with Gasteiger partial charge in [0.25, 0.3) is 11.5 Å². The number of hydrogen-bond acceptors (Lipinski definition) is 7. The Bertz CT molecular complexity index is 1460. The SMILES string of the molecule is Cc1ccc(Oc2nc3ccccn3c(=O)c2C=C2SC(=S)N(Cc3ccco3)C2=O)cc1. The average Bonchev–Trinajstić information content (AvgIpc) is 3.42. The molecule has 0 N–H and O–H groups in total. The minimum absolute atomic E-state index is 0.117. The second-order valence-electron chi connectivity index (χ2n) is 7.33. The van der Waals surface area contributed by atoms with E-state index in [9.17, 15) is 9.59 Å². The molecule has 0 radical (unpaired) electrons. The number of nitrogens with zero attached hydrogens (tertiary/aromatic N) is 3. The third kappa shape index (κ3) is 4.20. The van der Waals surface area contributed by atoms with Gasteiger partial charge in [0.15, 0.2) is 0 Å². The van der Waals surface area contributed by atoms with Gasteiger partial charge in [-0.2, -0.15) is 4.98 Å². The molecule has 9 heteroatoms. The highest BCUT2D eigenvalue weighted by Gasteiger charge is 2.33. The van der Waals surface area contributed by atoms with Crippen molar-refractivity contribution in [3.05, 3.63) is 99.2 Å². The molecule has 0 bridgehead atoms. The summed E-state index contributed by atoms with van der Waals surface area (Å²) in [4.78, 5) is 32.7. The van der Waals surface area contributed by atoms with Crippen LogP contribution in [-0.2, 0) is 11.3 Å². The van der Waals surface area contributed by atoms with Crippen LogP contribution in [0.1, 0.15) is 16.9 Å². The van der Waals surface area contributed by atoms with Crippen LogP contribution in [0.2, 0.25) is 0 Å². The number of amides is 1. The number of hydrogen-bond donors (Lipinski definition) is 0. The van der Waals surface area contributed by atoms with Gasteiger partial charge in [0.05, 0.1) is 17.7 Å². The number of rotatable bonds is 5. The first-order chi connectivity index (χ1) is 16.0. The Morgan fingerprint density at radius 2 is 1.94 bits per heavy atom. The molecule has 4 heterocycles. The molecule has 0 spiro atoms. The monoisotopic (exact) mass is 475 g/mol. The summed E-state index contributed by atoms with van der Waals surface area (Å²) < 4.78 is 13.1. The number of thiocarbonyl (C=S) groups is 1. The first-order valence-corrected chi connectivity index (χ1v) is 11.3. The maximum Gasteiger partial charge on any atom is 0.269 e. The van der Waals surface area contributed by atoms with Gasteiger partial charge in [-0.1, -0.05) is 47.7 Å². The van der Waals surface area contributed by atoms with Crippen molar-refractivity contribution >= 4 is 45.9 Å². The zero-order valence-corrected chi connectivity index (χ0v) is 19.1. The maximum atomic E-state index is 13.3. The normalized spacial score (nSPS) is 15.1. The first-order valence-electron chi connectivity index (χ1n) is 10.0. The lowest BCUT2D eigenvalue weighted by Crippen LogP contribution is -2.27. The molecule has 1 aliphatic heterocycles. The molecule has 4 aromatic rings. The van der Waals surface area contributed by atoms with Crippen LogP contribution in [-0.4, -0.2) is 24.5 Å². The second-order valence-corrected chi connectivity index (χ2v) is 9.00. The summed E-state index contributed by atoms with van der Waals surface area (Å²) in [6.07, 6.45) is 4.67. The molecule has 33 heavy (non-hydrogen) atoms. The predicted octanol–water partition coefficient (Wildman–Crippen LogP) is 4.79. The van der Waals surface area contributed by atoms with E-state index < -0.39 is 0 Å². The van der Waals surface area contributed by atoms with Crippen molar-refractivity contribution < 1.29 is 13.9 Å². The quantitative estimate of drug-likeness (QED) is 0.303. The number of thioether (sulfide) groups is 1. The molecule has 0 aliphatic carbocycles. The fraction of sp³-hybridized carbons (Fsp3) is 0.0833. The molecule has 1 saturated heterocycles. The number of pyridine rings is 1. The molecule has 0 unspecified atom stereocenters. The summed E-state index contributed by atoms with van der Waals surface area (Å²) in [6, 6.07) is 16.2. The standard InChI is InChI=1S/C24H17N3O4S2/c1-15-7-9-16(10-8-15)31-21-18(22(28)26-11-3-2-6-20(26)25-21)13-19-23(29)27(24(32)33-19)14-17-5-4-12-30-17/h2-13H,14H2,1H3. The van der Waals surface area contributed by atoms with Crippen LogP contribution in [0.4, 0.5) is 0 Å². The van der Waals surface area contributed by atoms with E-state index in [4.69, 9.17) is 21.4 Å². The fourth-order valence-corrected chi connectivity index (χ4v) is 4.56. The van der Waals surface area contributed by atoms with E-state index in [1.807, 2.05) is 19.1 Å². The molecule has 1 aromatic carbocycles. The lowest BCUT2D eigenvalue weighted by Gasteiger charge is -2.12. The Balaban J connectivity index is 1.57. The summed E-state index contributed by atoms with van der Waals surface area (Å²) in [5.74, 6) is 0.961. The van der Waals surface area contributed by atoms with Crippen LogP contribution in [0.15, 0.2) is 81.2 Å². The summed E-state index contributed by atoms with van der Waals surface area (Å²) >= 11 is 6.52. The number of carbonyl (C=O) groups excluding carboxylic acids is 1. The lowest BCUT2D eigenvalue weighted by atomic mass is 10.2. The minimum atomic E-state index is -0.348. The van der Waals surface area contributed by atoms with Crippen molar-refractivity contribution in [3.63, 3.8) is 0 Å². The van der Waals surface area contributed by atoms with E-state index in [1.165, 1.54) is 15.4 Å².